The summed E-state index contributed by atoms with van der Waals surface area (Å²) >= 11 is 0.408. The molecule has 0 aliphatic rings. The van der Waals surface area contributed by atoms with Gasteiger partial charge in [-0.3, -0.25) is 22.8 Å². The SMILES string of the molecule is CNc1nc(Nc2ccc(C=Cc3ccc(Nc4nc(NC)nc(Nc5ccc(S(=O)(=O)O)cc5S(=O)(=O)O)n4)cc3S(=O)(=O)O)c(S(=O)(=O)O)c2)nc(Nc2ccc(SOOO)cc2S(=O)(=O)O)n1. The van der Waals surface area contributed by atoms with Crippen molar-refractivity contribution < 1.29 is 79.5 Å². The van der Waals surface area contributed by atoms with Crippen molar-refractivity contribution in [3.63, 3.8) is 0 Å². The molecule has 12 N–H and O–H groups in total. The van der Waals surface area contributed by atoms with Crippen molar-refractivity contribution in [3.05, 3.63) is 83.9 Å². The summed E-state index contributed by atoms with van der Waals surface area (Å²) in [4.78, 5) is 20.6. The van der Waals surface area contributed by atoms with E-state index in [9.17, 15) is 64.9 Å². The molecular formula is C34H32N12O18S6. The van der Waals surface area contributed by atoms with Gasteiger partial charge in [-0.05, 0) is 71.8 Å². The van der Waals surface area contributed by atoms with Crippen LogP contribution in [0.5, 0.6) is 0 Å². The lowest BCUT2D eigenvalue weighted by Crippen LogP contribution is -2.10. The van der Waals surface area contributed by atoms with Crippen molar-refractivity contribution in [2.24, 2.45) is 0 Å². The molecule has 30 nitrogen and oxygen atoms in total. The Kier molecular flexibility index (Phi) is 15.5. The highest BCUT2D eigenvalue weighted by molar-refractivity contribution is 7.94. The Labute approximate surface area is 399 Å². The number of hydrogen-bond acceptors (Lipinski definition) is 26. The average Bonchev–Trinajstić information content (AvgIpc) is 3.26. The van der Waals surface area contributed by atoms with Crippen LogP contribution in [0, 0.1) is 0 Å². The normalized spacial score (nSPS) is 12.4. The molecule has 0 aliphatic heterocycles. The highest BCUT2D eigenvalue weighted by atomic mass is 32.2. The minimum atomic E-state index is -5.11. The Balaban J connectivity index is 1.27. The van der Waals surface area contributed by atoms with Crippen LogP contribution in [-0.2, 0) is 60.0 Å². The standard InChI is InChI=1S/C34H32N12O18S6/c1-35-29-41-31(45-33(43-29)39-23-11-9-21(65-64-63-47)15-27(23)69(57,58)59)37-19-7-5-17(25(13-19)67(51,52)53)3-4-18-6-8-20(14-26(18)68(54,55)56)38-32-42-30(36-2)44-34(46-32)40-24-12-10-22(66(48,49)50)16-28(24)70(60,61)62/h3-16,47H,1-2H3,(H,48,49,50)(H,51,52,53)(H,54,55,56)(H,57,58,59)(H,60,61,62)(H3,35,37,39,41,43,45)(H3,36,38,40,42,44,46). The summed E-state index contributed by atoms with van der Waals surface area (Å²) in [5, 5.41) is 27.7. The van der Waals surface area contributed by atoms with Gasteiger partial charge in [0.05, 0.1) is 28.3 Å². The van der Waals surface area contributed by atoms with Gasteiger partial charge in [0.1, 0.15) is 19.6 Å². The summed E-state index contributed by atoms with van der Waals surface area (Å²) in [5.74, 6) is -1.56. The maximum atomic E-state index is 12.6. The van der Waals surface area contributed by atoms with Gasteiger partial charge in [0.2, 0.25) is 35.7 Å². The van der Waals surface area contributed by atoms with E-state index in [0.717, 1.165) is 42.5 Å². The first-order chi connectivity index (χ1) is 32.6. The Hall–Kier alpha value is -6.78. The number of aromatic nitrogens is 6. The van der Waals surface area contributed by atoms with Gasteiger partial charge in [-0.2, -0.15) is 72.0 Å². The van der Waals surface area contributed by atoms with E-state index in [0.29, 0.717) is 18.1 Å². The van der Waals surface area contributed by atoms with Crippen LogP contribution in [0.15, 0.2) is 102 Å². The van der Waals surface area contributed by atoms with Gasteiger partial charge < -0.3 is 31.9 Å². The van der Waals surface area contributed by atoms with Gasteiger partial charge in [0.15, 0.2) is 0 Å². The zero-order valence-electron chi connectivity index (χ0n) is 34.8. The molecule has 36 heteroatoms. The van der Waals surface area contributed by atoms with Crippen molar-refractivity contribution >= 4 is 133 Å². The largest absolute Gasteiger partial charge is 0.357 e. The second kappa shape index (κ2) is 20.7. The smallest absolute Gasteiger partial charge is 0.296 e. The van der Waals surface area contributed by atoms with Crippen molar-refractivity contribution in [2.75, 3.05) is 46.0 Å². The zero-order chi connectivity index (χ0) is 51.4. The zero-order valence-corrected chi connectivity index (χ0v) is 39.7. The predicted molar refractivity (Wildman–Crippen MR) is 246 cm³/mol. The van der Waals surface area contributed by atoms with E-state index in [1.165, 1.54) is 50.5 Å². The molecule has 0 amide bonds. The van der Waals surface area contributed by atoms with Gasteiger partial charge in [-0.25, -0.2) is 5.26 Å². The first-order valence-corrected chi connectivity index (χ1v) is 26.3. The third kappa shape index (κ3) is 13.5. The molecule has 0 aliphatic carbocycles. The van der Waals surface area contributed by atoms with E-state index in [-0.39, 0.29) is 62.8 Å². The number of hydrogen-bond donors (Lipinski definition) is 12. The molecule has 2 heterocycles. The lowest BCUT2D eigenvalue weighted by atomic mass is 10.1. The van der Waals surface area contributed by atoms with Crippen LogP contribution in [0.25, 0.3) is 12.2 Å². The molecule has 0 atom stereocenters. The first-order valence-electron chi connectivity index (χ1n) is 18.4. The third-order valence-electron chi connectivity index (χ3n) is 8.67. The Bertz CT molecular complexity index is 3630. The van der Waals surface area contributed by atoms with Crippen LogP contribution in [0.3, 0.4) is 0 Å². The summed E-state index contributed by atoms with van der Waals surface area (Å²) < 4.78 is 176. The van der Waals surface area contributed by atoms with E-state index in [1.54, 1.807) is 0 Å². The lowest BCUT2D eigenvalue weighted by molar-refractivity contribution is -0.432. The van der Waals surface area contributed by atoms with Crippen molar-refractivity contribution in [1.29, 1.82) is 0 Å². The highest BCUT2D eigenvalue weighted by Crippen LogP contribution is 2.33. The maximum absolute atomic E-state index is 12.6. The molecule has 372 valence electrons. The maximum Gasteiger partial charge on any atom is 0.296 e. The number of benzene rings is 4. The molecule has 6 aromatic rings. The van der Waals surface area contributed by atoms with Crippen molar-refractivity contribution in [1.82, 2.24) is 29.9 Å². The van der Waals surface area contributed by atoms with Crippen LogP contribution >= 0.6 is 12.0 Å². The van der Waals surface area contributed by atoms with E-state index < -0.39 is 86.7 Å². The summed E-state index contributed by atoms with van der Waals surface area (Å²) in [5.41, 5.74) is -1.21. The quantitative estimate of drug-likeness (QED) is 0.0169. The minimum Gasteiger partial charge on any atom is -0.357 e. The van der Waals surface area contributed by atoms with E-state index in [4.69, 9.17) is 5.26 Å². The number of anilines is 10. The predicted octanol–water partition coefficient (Wildman–Crippen LogP) is 3.95. The second-order valence-electron chi connectivity index (χ2n) is 13.4. The molecule has 0 radical (unpaired) electrons. The van der Waals surface area contributed by atoms with Crippen LogP contribution in [0.1, 0.15) is 11.1 Å². The van der Waals surface area contributed by atoms with Gasteiger partial charge in [0.25, 0.3) is 50.6 Å². The molecule has 0 fully saturated rings. The monoisotopic (exact) mass is 1090 g/mol. The fourth-order valence-corrected chi connectivity index (χ4v) is 9.55. The van der Waals surface area contributed by atoms with Crippen molar-refractivity contribution in [3.8, 4) is 0 Å². The molecule has 4 aromatic carbocycles. The summed E-state index contributed by atoms with van der Waals surface area (Å²) in [7, 11) is -22.2. The summed E-state index contributed by atoms with van der Waals surface area (Å²) in [6.45, 7) is 0. The second-order valence-corrected chi connectivity index (χ2v) is 21.1. The van der Waals surface area contributed by atoms with Gasteiger partial charge in [0, 0.05) is 30.4 Å². The fourth-order valence-electron chi connectivity index (χ4n) is 5.73. The van der Waals surface area contributed by atoms with E-state index in [1.807, 2.05) is 0 Å². The number of rotatable bonds is 20. The molecule has 0 unspecified atom stereocenters. The van der Waals surface area contributed by atoms with Crippen LogP contribution < -0.4 is 31.9 Å². The Morgan fingerprint density at radius 2 is 0.843 bits per heavy atom. The molecule has 6 rings (SSSR count). The molecule has 0 saturated heterocycles. The molecular weight excluding hydrogens is 1060 g/mol. The highest BCUT2D eigenvalue weighted by Gasteiger charge is 2.24. The first kappa shape index (κ1) is 52.6. The molecule has 0 bridgehead atoms. The molecule has 70 heavy (non-hydrogen) atoms. The third-order valence-corrected chi connectivity index (χ3v) is 13.7. The topological polar surface area (TPSA) is 460 Å². The number of nitrogens with zero attached hydrogens (tertiary/aromatic N) is 6. The molecule has 0 saturated carbocycles. The fraction of sp³-hybridized carbons (Fsp3) is 0.0588. The molecule has 2 aromatic heterocycles. The lowest BCUT2D eigenvalue weighted by Gasteiger charge is -2.13. The van der Waals surface area contributed by atoms with Gasteiger partial charge >= 0.3 is 0 Å². The molecule has 0 spiro atoms. The van der Waals surface area contributed by atoms with Crippen LogP contribution in [0.2, 0.25) is 0 Å². The van der Waals surface area contributed by atoms with Gasteiger partial charge in [-0.15, -0.1) is 4.33 Å². The van der Waals surface area contributed by atoms with E-state index in [2.05, 4.69) is 71.2 Å². The van der Waals surface area contributed by atoms with Gasteiger partial charge in [-0.1, -0.05) is 29.3 Å². The summed E-state index contributed by atoms with van der Waals surface area (Å²) in [6, 6.07) is 12.5. The van der Waals surface area contributed by atoms with Crippen LogP contribution in [-0.4, -0.2) is 114 Å². The average molecular weight is 1090 g/mol. The Morgan fingerprint density at radius 3 is 1.23 bits per heavy atom. The summed E-state index contributed by atoms with van der Waals surface area (Å²) in [6.07, 6.45) is 2.19. The number of nitrogens with one attached hydrogen (secondary N) is 6. The van der Waals surface area contributed by atoms with Crippen LogP contribution in [0.4, 0.5) is 58.4 Å². The Morgan fingerprint density at radius 1 is 0.457 bits per heavy atom. The van der Waals surface area contributed by atoms with E-state index >= 15 is 0 Å². The van der Waals surface area contributed by atoms with Crippen molar-refractivity contribution in [2.45, 2.75) is 29.4 Å². The minimum absolute atomic E-state index is 0.0452.